The Balaban J connectivity index is 1.33. The Kier molecular flexibility index (Phi) is 5.94. The summed E-state index contributed by atoms with van der Waals surface area (Å²) in [6.45, 7) is 0. The summed E-state index contributed by atoms with van der Waals surface area (Å²) in [7, 11) is 1.65. The number of carbonyl (C=O) groups is 3. The second-order valence-electron chi connectivity index (χ2n) is 8.94. The standard InChI is InChI=1S/C28H21ClN4O5/c1-31-22(15-16-30-31)28(36)37-21-13-7-17(8-14-21)24-23-25(38-33(24)20-5-3-2-4-6-20)27(35)32(26(23)34)19-11-9-18(29)10-12-19/h2-16,23-25H,1H3/t23-,24-,25-/m0/s1. The monoisotopic (exact) mass is 528 g/mol. The molecular formula is C28H21ClN4O5. The number of esters is 1. The number of imide groups is 1. The van der Waals surface area contributed by atoms with Gasteiger partial charge in [-0.25, -0.2) is 14.8 Å². The maximum atomic E-state index is 13.7. The third kappa shape index (κ3) is 4.02. The van der Waals surface area contributed by atoms with Crippen molar-refractivity contribution in [3.8, 4) is 5.75 Å². The van der Waals surface area contributed by atoms with E-state index in [1.165, 1.54) is 10.9 Å². The largest absolute Gasteiger partial charge is 0.422 e. The number of aromatic nitrogens is 2. The van der Waals surface area contributed by atoms with E-state index in [2.05, 4.69) is 5.10 Å². The Morgan fingerprint density at radius 2 is 1.61 bits per heavy atom. The number of hydrogen-bond donors (Lipinski definition) is 0. The molecule has 0 aliphatic carbocycles. The quantitative estimate of drug-likeness (QED) is 0.216. The third-order valence-electron chi connectivity index (χ3n) is 6.67. The van der Waals surface area contributed by atoms with Crippen LogP contribution in [0, 0.1) is 5.92 Å². The smallest absolute Gasteiger partial charge is 0.361 e. The van der Waals surface area contributed by atoms with E-state index < -0.39 is 29.9 Å². The molecule has 2 aliphatic heterocycles. The molecule has 10 heteroatoms. The van der Waals surface area contributed by atoms with Crippen LogP contribution in [-0.4, -0.2) is 33.7 Å². The number of anilines is 2. The van der Waals surface area contributed by atoms with E-state index in [1.807, 2.05) is 30.3 Å². The molecule has 190 valence electrons. The number of hydroxylamine groups is 1. The molecule has 38 heavy (non-hydrogen) atoms. The summed E-state index contributed by atoms with van der Waals surface area (Å²) >= 11 is 6.00. The van der Waals surface area contributed by atoms with E-state index in [4.69, 9.17) is 21.2 Å². The first kappa shape index (κ1) is 23.9. The lowest BCUT2D eigenvalue weighted by atomic mass is 9.90. The molecule has 0 saturated carbocycles. The number of ether oxygens (including phenoxy) is 1. The normalized spacial score (nSPS) is 20.6. The first-order valence-electron chi connectivity index (χ1n) is 11.9. The Morgan fingerprint density at radius 3 is 2.26 bits per heavy atom. The molecule has 0 radical (unpaired) electrons. The molecular weight excluding hydrogens is 508 g/mol. The first-order valence-corrected chi connectivity index (χ1v) is 12.2. The number of halogens is 1. The summed E-state index contributed by atoms with van der Waals surface area (Å²) in [5.74, 6) is -1.80. The van der Waals surface area contributed by atoms with Gasteiger partial charge in [-0.2, -0.15) is 5.10 Å². The molecule has 3 aromatic carbocycles. The summed E-state index contributed by atoms with van der Waals surface area (Å²) in [4.78, 5) is 46.9. The molecule has 2 saturated heterocycles. The number of rotatable bonds is 5. The van der Waals surface area contributed by atoms with Crippen molar-refractivity contribution in [1.82, 2.24) is 9.78 Å². The SMILES string of the molecule is Cn1nccc1C(=O)Oc1ccc([C@H]2[C@@H]3C(=O)N(c4ccc(Cl)cc4)C(=O)[C@H]3ON2c2ccccc2)cc1. The molecule has 1 aromatic heterocycles. The van der Waals surface area contributed by atoms with E-state index >= 15 is 0 Å². The number of benzene rings is 3. The van der Waals surface area contributed by atoms with Crippen LogP contribution in [0.4, 0.5) is 11.4 Å². The zero-order valence-electron chi connectivity index (χ0n) is 20.1. The number of para-hydroxylation sites is 1. The lowest BCUT2D eigenvalue weighted by Gasteiger charge is -2.28. The van der Waals surface area contributed by atoms with Gasteiger partial charge in [-0.1, -0.05) is 41.9 Å². The van der Waals surface area contributed by atoms with Gasteiger partial charge in [0.05, 0.1) is 17.4 Å². The van der Waals surface area contributed by atoms with Gasteiger partial charge in [0.25, 0.3) is 5.91 Å². The van der Waals surface area contributed by atoms with E-state index in [0.29, 0.717) is 27.8 Å². The Bertz CT molecular complexity index is 1520. The maximum Gasteiger partial charge on any atom is 0.361 e. The molecule has 0 spiro atoms. The Morgan fingerprint density at radius 1 is 0.895 bits per heavy atom. The van der Waals surface area contributed by atoms with Crippen LogP contribution in [-0.2, 0) is 21.5 Å². The molecule has 2 aliphatic rings. The second kappa shape index (κ2) is 9.44. The zero-order chi connectivity index (χ0) is 26.4. The van der Waals surface area contributed by atoms with Crippen LogP contribution in [0.25, 0.3) is 0 Å². The van der Waals surface area contributed by atoms with Crippen molar-refractivity contribution >= 4 is 40.8 Å². The van der Waals surface area contributed by atoms with Gasteiger partial charge < -0.3 is 4.74 Å². The summed E-state index contributed by atoms with van der Waals surface area (Å²) < 4.78 is 6.92. The van der Waals surface area contributed by atoms with Crippen LogP contribution in [0.15, 0.2) is 91.1 Å². The highest BCUT2D eigenvalue weighted by Crippen LogP contribution is 2.47. The average Bonchev–Trinajstić information content (AvgIpc) is 3.60. The van der Waals surface area contributed by atoms with Gasteiger partial charge in [0.1, 0.15) is 17.4 Å². The Hall–Kier alpha value is -4.47. The van der Waals surface area contributed by atoms with Gasteiger partial charge in [-0.3, -0.25) is 19.1 Å². The van der Waals surface area contributed by atoms with Gasteiger partial charge in [0.2, 0.25) is 5.91 Å². The first-order chi connectivity index (χ1) is 18.4. The van der Waals surface area contributed by atoms with Crippen LogP contribution in [0.3, 0.4) is 0 Å². The average molecular weight is 529 g/mol. The number of amides is 2. The van der Waals surface area contributed by atoms with Crippen LogP contribution in [0.1, 0.15) is 22.1 Å². The van der Waals surface area contributed by atoms with Crippen molar-refractivity contribution in [2.24, 2.45) is 13.0 Å². The van der Waals surface area contributed by atoms with Gasteiger partial charge >= 0.3 is 5.97 Å². The predicted octanol–water partition coefficient (Wildman–Crippen LogP) is 4.34. The zero-order valence-corrected chi connectivity index (χ0v) is 20.9. The van der Waals surface area contributed by atoms with E-state index in [9.17, 15) is 14.4 Å². The van der Waals surface area contributed by atoms with E-state index in [0.717, 1.165) is 10.5 Å². The van der Waals surface area contributed by atoms with Crippen LogP contribution < -0.4 is 14.7 Å². The van der Waals surface area contributed by atoms with Crippen LogP contribution >= 0.6 is 11.6 Å². The molecule has 6 rings (SSSR count). The second-order valence-corrected chi connectivity index (χ2v) is 9.38. The summed E-state index contributed by atoms with van der Waals surface area (Å²) in [6.07, 6.45) is 0.521. The number of hydrogen-bond acceptors (Lipinski definition) is 7. The minimum absolute atomic E-state index is 0.314. The van der Waals surface area contributed by atoms with Crippen molar-refractivity contribution < 1.29 is 24.0 Å². The Labute approximate surface area is 222 Å². The fraction of sp³-hybridized carbons (Fsp3) is 0.143. The topological polar surface area (TPSA) is 94.0 Å². The van der Waals surface area contributed by atoms with Gasteiger partial charge in [0, 0.05) is 18.3 Å². The van der Waals surface area contributed by atoms with Gasteiger partial charge in [-0.05, 0) is 60.2 Å². The lowest BCUT2D eigenvalue weighted by molar-refractivity contribution is -0.126. The molecule has 0 bridgehead atoms. The molecule has 4 aromatic rings. The number of aryl methyl sites for hydroxylation is 1. The molecule has 9 nitrogen and oxygen atoms in total. The lowest BCUT2D eigenvalue weighted by Crippen LogP contribution is -2.37. The van der Waals surface area contributed by atoms with Crippen molar-refractivity contribution in [2.75, 3.05) is 9.96 Å². The minimum atomic E-state index is -0.995. The minimum Gasteiger partial charge on any atom is -0.422 e. The molecule has 2 fully saturated rings. The van der Waals surface area contributed by atoms with Crippen molar-refractivity contribution in [1.29, 1.82) is 0 Å². The fourth-order valence-corrected chi connectivity index (χ4v) is 4.99. The molecule has 0 unspecified atom stereocenters. The molecule has 3 heterocycles. The predicted molar refractivity (Wildman–Crippen MR) is 139 cm³/mol. The van der Waals surface area contributed by atoms with Crippen molar-refractivity contribution in [3.63, 3.8) is 0 Å². The van der Waals surface area contributed by atoms with Crippen LogP contribution in [0.2, 0.25) is 5.02 Å². The van der Waals surface area contributed by atoms with Crippen molar-refractivity contribution in [2.45, 2.75) is 12.1 Å². The van der Waals surface area contributed by atoms with Crippen LogP contribution in [0.5, 0.6) is 5.75 Å². The number of nitrogens with zero attached hydrogens (tertiary/aromatic N) is 4. The van der Waals surface area contributed by atoms with Gasteiger partial charge in [0.15, 0.2) is 6.10 Å². The molecule has 2 amide bonds. The summed E-state index contributed by atoms with van der Waals surface area (Å²) in [5.41, 5.74) is 2.18. The number of carbonyl (C=O) groups excluding carboxylic acids is 3. The van der Waals surface area contributed by atoms with Crippen molar-refractivity contribution in [3.05, 3.63) is 107 Å². The molecule has 3 atom stereocenters. The van der Waals surface area contributed by atoms with Gasteiger partial charge in [-0.15, -0.1) is 0 Å². The summed E-state index contributed by atoms with van der Waals surface area (Å²) in [5, 5.41) is 6.10. The highest BCUT2D eigenvalue weighted by atomic mass is 35.5. The number of fused-ring (bicyclic) bond motifs is 1. The molecule has 0 N–H and O–H groups in total. The van der Waals surface area contributed by atoms with E-state index in [-0.39, 0.29) is 5.91 Å². The summed E-state index contributed by atoms with van der Waals surface area (Å²) in [6, 6.07) is 23.6. The maximum absolute atomic E-state index is 13.7. The third-order valence-corrected chi connectivity index (χ3v) is 6.93. The van der Waals surface area contributed by atoms with E-state index in [1.54, 1.807) is 66.7 Å². The highest BCUT2D eigenvalue weighted by Gasteiger charge is 2.60. The fourth-order valence-electron chi connectivity index (χ4n) is 4.86. The highest BCUT2D eigenvalue weighted by molar-refractivity contribution is 6.31.